The smallest absolute Gasteiger partial charge is 0.307 e. The lowest BCUT2D eigenvalue weighted by Gasteiger charge is -2.35. The van der Waals surface area contributed by atoms with E-state index in [2.05, 4.69) is 24.6 Å². The number of nitrogens with zero attached hydrogens (tertiary/aromatic N) is 5. The van der Waals surface area contributed by atoms with Crippen molar-refractivity contribution in [3.63, 3.8) is 0 Å². The predicted octanol–water partition coefficient (Wildman–Crippen LogP) is 1.82. The molecule has 25 heavy (non-hydrogen) atoms. The molecule has 3 rings (SSSR count). The summed E-state index contributed by atoms with van der Waals surface area (Å²) in [5, 5.41) is 4.97. The molecule has 2 aromatic heterocycles. The number of esters is 1. The van der Waals surface area contributed by atoms with Crippen molar-refractivity contribution in [3.05, 3.63) is 41.3 Å². The van der Waals surface area contributed by atoms with Crippen LogP contribution in [-0.2, 0) is 22.6 Å². The number of aromatic nitrogens is 3. The maximum atomic E-state index is 11.2. The lowest BCUT2D eigenvalue weighted by atomic mass is 10.2. The largest absolute Gasteiger partial charge is 0.469 e. The molecule has 0 aromatic carbocycles. The van der Waals surface area contributed by atoms with E-state index in [0.717, 1.165) is 44.1 Å². The van der Waals surface area contributed by atoms with Crippen LogP contribution in [-0.4, -0.2) is 58.9 Å². The number of halogens is 1. The Morgan fingerprint density at radius 3 is 2.72 bits per heavy atom. The van der Waals surface area contributed by atoms with E-state index in [1.807, 2.05) is 24.5 Å². The molecular formula is C17H22ClN5O2. The average molecular weight is 364 g/mol. The molecule has 134 valence electrons. The molecule has 0 unspecified atom stereocenters. The Morgan fingerprint density at radius 1 is 1.24 bits per heavy atom. The summed E-state index contributed by atoms with van der Waals surface area (Å²) in [4.78, 5) is 20.2. The van der Waals surface area contributed by atoms with Gasteiger partial charge in [-0.25, -0.2) is 4.98 Å². The fourth-order valence-electron chi connectivity index (χ4n) is 2.87. The SMILES string of the molecule is COC(=O)CCn1cc(CN2CCN(c3ccc(Cl)cn3)CC2)cn1. The Kier molecular flexibility index (Phi) is 5.88. The molecule has 2 aromatic rings. The minimum absolute atomic E-state index is 0.219. The number of pyridine rings is 1. The van der Waals surface area contributed by atoms with Crippen LogP contribution in [0.3, 0.4) is 0 Å². The van der Waals surface area contributed by atoms with Gasteiger partial charge in [-0.2, -0.15) is 5.10 Å². The summed E-state index contributed by atoms with van der Waals surface area (Å²) in [5.74, 6) is 0.753. The molecule has 0 aliphatic carbocycles. The summed E-state index contributed by atoms with van der Waals surface area (Å²) in [6.45, 7) is 5.22. The lowest BCUT2D eigenvalue weighted by molar-refractivity contribution is -0.140. The van der Waals surface area contributed by atoms with Crippen molar-refractivity contribution in [2.45, 2.75) is 19.5 Å². The van der Waals surface area contributed by atoms with E-state index in [1.165, 1.54) is 7.11 Å². The predicted molar refractivity (Wildman–Crippen MR) is 95.6 cm³/mol. The maximum Gasteiger partial charge on any atom is 0.307 e. The van der Waals surface area contributed by atoms with Gasteiger partial charge in [0, 0.05) is 50.7 Å². The van der Waals surface area contributed by atoms with Crippen LogP contribution >= 0.6 is 11.6 Å². The highest BCUT2D eigenvalue weighted by Gasteiger charge is 2.18. The van der Waals surface area contributed by atoms with Crippen molar-refractivity contribution in [1.82, 2.24) is 19.7 Å². The van der Waals surface area contributed by atoms with Gasteiger partial charge in [0.25, 0.3) is 0 Å². The Labute approximate surface area is 152 Å². The van der Waals surface area contributed by atoms with Crippen LogP contribution in [0.1, 0.15) is 12.0 Å². The highest BCUT2D eigenvalue weighted by Crippen LogP contribution is 2.17. The topological polar surface area (TPSA) is 63.5 Å². The van der Waals surface area contributed by atoms with Gasteiger partial charge in [-0.15, -0.1) is 0 Å². The fraction of sp³-hybridized carbons (Fsp3) is 0.471. The molecule has 0 saturated carbocycles. The molecule has 0 spiro atoms. The molecule has 0 atom stereocenters. The number of anilines is 1. The van der Waals surface area contributed by atoms with Gasteiger partial charge in [0.05, 0.1) is 31.3 Å². The maximum absolute atomic E-state index is 11.2. The van der Waals surface area contributed by atoms with Gasteiger partial charge in [-0.3, -0.25) is 14.4 Å². The molecule has 0 amide bonds. The van der Waals surface area contributed by atoms with Crippen LogP contribution in [0.25, 0.3) is 0 Å². The Hall–Kier alpha value is -2.12. The summed E-state index contributed by atoms with van der Waals surface area (Å²) in [5.41, 5.74) is 1.16. The number of carbonyl (C=O) groups is 1. The summed E-state index contributed by atoms with van der Waals surface area (Å²) in [7, 11) is 1.40. The zero-order valence-corrected chi connectivity index (χ0v) is 15.0. The van der Waals surface area contributed by atoms with Gasteiger partial charge in [-0.05, 0) is 12.1 Å². The van der Waals surface area contributed by atoms with Crippen molar-refractivity contribution in [3.8, 4) is 0 Å². The number of carbonyl (C=O) groups excluding carboxylic acids is 1. The van der Waals surface area contributed by atoms with Gasteiger partial charge in [0.2, 0.25) is 0 Å². The van der Waals surface area contributed by atoms with Gasteiger partial charge < -0.3 is 9.64 Å². The van der Waals surface area contributed by atoms with E-state index >= 15 is 0 Å². The first-order chi connectivity index (χ1) is 12.1. The lowest BCUT2D eigenvalue weighted by Crippen LogP contribution is -2.46. The van der Waals surface area contributed by atoms with E-state index < -0.39 is 0 Å². The first-order valence-electron chi connectivity index (χ1n) is 8.31. The van der Waals surface area contributed by atoms with Crippen molar-refractivity contribution >= 4 is 23.4 Å². The van der Waals surface area contributed by atoms with E-state index in [-0.39, 0.29) is 5.97 Å². The van der Waals surface area contributed by atoms with Crippen molar-refractivity contribution in [2.75, 3.05) is 38.2 Å². The van der Waals surface area contributed by atoms with Crippen molar-refractivity contribution in [2.24, 2.45) is 0 Å². The number of hydrogen-bond donors (Lipinski definition) is 0. The number of methoxy groups -OCH3 is 1. The van der Waals surface area contributed by atoms with E-state index in [0.29, 0.717) is 18.0 Å². The molecule has 7 nitrogen and oxygen atoms in total. The summed E-state index contributed by atoms with van der Waals surface area (Å²) in [6, 6.07) is 3.84. The Bertz CT molecular complexity index is 695. The molecule has 0 N–H and O–H groups in total. The molecule has 1 aliphatic heterocycles. The van der Waals surface area contributed by atoms with Gasteiger partial charge in [0.1, 0.15) is 5.82 Å². The molecule has 1 fully saturated rings. The van der Waals surface area contributed by atoms with Crippen molar-refractivity contribution < 1.29 is 9.53 Å². The third-order valence-corrected chi connectivity index (χ3v) is 4.50. The molecule has 0 bridgehead atoms. The number of ether oxygens (including phenoxy) is 1. The van der Waals surface area contributed by atoms with Crippen molar-refractivity contribution in [1.29, 1.82) is 0 Å². The van der Waals surface area contributed by atoms with Crippen LogP contribution in [0.15, 0.2) is 30.7 Å². The number of piperazine rings is 1. The van der Waals surface area contributed by atoms with Crippen LogP contribution in [0.2, 0.25) is 5.02 Å². The van der Waals surface area contributed by atoms with Crippen LogP contribution in [0.5, 0.6) is 0 Å². The van der Waals surface area contributed by atoms with Gasteiger partial charge in [0.15, 0.2) is 0 Å². The Morgan fingerprint density at radius 2 is 2.04 bits per heavy atom. The highest BCUT2D eigenvalue weighted by atomic mass is 35.5. The standard InChI is InChI=1S/C17H22ClN5O2/c1-25-17(24)4-5-23-13-14(10-20-23)12-21-6-8-22(9-7-21)16-3-2-15(18)11-19-16/h2-3,10-11,13H,4-9,12H2,1H3. The molecular weight excluding hydrogens is 342 g/mol. The first kappa shape index (κ1) is 17.7. The molecule has 0 radical (unpaired) electrons. The van der Waals surface area contributed by atoms with Crippen LogP contribution < -0.4 is 4.90 Å². The number of aryl methyl sites for hydroxylation is 1. The van der Waals surface area contributed by atoms with E-state index in [1.54, 1.807) is 10.9 Å². The van der Waals surface area contributed by atoms with Gasteiger partial charge in [-0.1, -0.05) is 11.6 Å². The second-order valence-corrected chi connectivity index (χ2v) is 6.47. The molecule has 3 heterocycles. The molecule has 1 saturated heterocycles. The number of hydrogen-bond acceptors (Lipinski definition) is 6. The third-order valence-electron chi connectivity index (χ3n) is 4.27. The minimum atomic E-state index is -0.219. The fourth-order valence-corrected chi connectivity index (χ4v) is 2.98. The normalized spacial score (nSPS) is 15.4. The van der Waals surface area contributed by atoms with Crippen LogP contribution in [0.4, 0.5) is 5.82 Å². The zero-order chi connectivity index (χ0) is 17.6. The third kappa shape index (κ3) is 4.93. The second kappa shape index (κ2) is 8.31. The molecule has 1 aliphatic rings. The average Bonchev–Trinajstić information content (AvgIpc) is 3.08. The van der Waals surface area contributed by atoms with E-state index in [4.69, 9.17) is 11.6 Å². The van der Waals surface area contributed by atoms with E-state index in [9.17, 15) is 4.79 Å². The summed E-state index contributed by atoms with van der Waals surface area (Å²) < 4.78 is 6.44. The monoisotopic (exact) mass is 363 g/mol. The van der Waals surface area contributed by atoms with Crippen LogP contribution in [0, 0.1) is 0 Å². The highest BCUT2D eigenvalue weighted by molar-refractivity contribution is 6.30. The minimum Gasteiger partial charge on any atom is -0.469 e. The molecule has 8 heteroatoms. The Balaban J connectivity index is 1.46. The number of rotatable bonds is 6. The second-order valence-electron chi connectivity index (χ2n) is 6.04. The summed E-state index contributed by atoms with van der Waals surface area (Å²) >= 11 is 5.89. The van der Waals surface area contributed by atoms with Gasteiger partial charge >= 0.3 is 5.97 Å². The summed E-state index contributed by atoms with van der Waals surface area (Å²) in [6.07, 6.45) is 5.89. The zero-order valence-electron chi connectivity index (χ0n) is 14.3. The first-order valence-corrected chi connectivity index (χ1v) is 8.69. The quantitative estimate of drug-likeness (QED) is 0.729.